The van der Waals surface area contributed by atoms with E-state index in [1.807, 2.05) is 87.5 Å². The summed E-state index contributed by atoms with van der Waals surface area (Å²) in [6.07, 6.45) is 3.93. The Morgan fingerprint density at radius 1 is 1.00 bits per heavy atom. The maximum Gasteiger partial charge on any atom is 0.344 e. The van der Waals surface area contributed by atoms with E-state index in [1.165, 1.54) is 0 Å². The Hall–Kier alpha value is -3.14. The fraction of sp³-hybridized carbons (Fsp3) is 0.217. The van der Waals surface area contributed by atoms with E-state index in [0.717, 1.165) is 22.2 Å². The molecule has 0 aliphatic rings. The van der Waals surface area contributed by atoms with Crippen LogP contribution in [0.2, 0.25) is 0 Å². The molecule has 3 aromatic rings. The van der Waals surface area contributed by atoms with E-state index >= 15 is 0 Å². The minimum Gasteiger partial charge on any atom is -0.482 e. The third-order valence-electron chi connectivity index (χ3n) is 3.70. The first-order valence-electron chi connectivity index (χ1n) is 8.88. The summed E-state index contributed by atoms with van der Waals surface area (Å²) in [4.78, 5) is 16.4. The Morgan fingerprint density at radius 3 is 2.63 bits per heavy atom. The van der Waals surface area contributed by atoms with Crippen LogP contribution >= 0.6 is 0 Å². The van der Waals surface area contributed by atoms with Crippen LogP contribution < -0.4 is 4.74 Å². The van der Waals surface area contributed by atoms with Crippen LogP contribution in [0, 0.1) is 0 Å². The van der Waals surface area contributed by atoms with Crippen LogP contribution in [-0.2, 0) is 9.53 Å². The zero-order chi connectivity index (χ0) is 19.3. The molecule has 1 aromatic heterocycles. The average Bonchev–Trinajstić information content (AvgIpc) is 2.63. The predicted molar refractivity (Wildman–Crippen MR) is 108 cm³/mol. The van der Waals surface area contributed by atoms with E-state index in [9.17, 15) is 4.79 Å². The number of fused-ring (bicyclic) bond motifs is 1. The van der Waals surface area contributed by atoms with Gasteiger partial charge in [-0.25, -0.2) is 9.78 Å². The van der Waals surface area contributed by atoms with Gasteiger partial charge in [0.1, 0.15) is 11.4 Å². The van der Waals surface area contributed by atoms with Gasteiger partial charge in [0.05, 0.1) is 11.2 Å². The molecule has 0 N–H and O–H groups in total. The Bertz CT molecular complexity index is 971. The van der Waals surface area contributed by atoms with Crippen molar-refractivity contribution in [3.05, 3.63) is 71.9 Å². The summed E-state index contributed by atoms with van der Waals surface area (Å²) in [7, 11) is 0. The number of esters is 1. The minimum absolute atomic E-state index is 0.114. The predicted octanol–water partition coefficient (Wildman–Crippen LogP) is 5.13. The van der Waals surface area contributed by atoms with E-state index in [-0.39, 0.29) is 12.6 Å². The molecule has 3 rings (SSSR count). The highest BCUT2D eigenvalue weighted by Gasteiger charge is 2.16. The Labute approximate surface area is 159 Å². The van der Waals surface area contributed by atoms with Gasteiger partial charge in [-0.05, 0) is 56.7 Å². The number of aromatic nitrogens is 1. The normalized spacial score (nSPS) is 11.7. The Balaban J connectivity index is 1.66. The van der Waals surface area contributed by atoms with E-state index in [4.69, 9.17) is 9.47 Å². The second-order valence-electron chi connectivity index (χ2n) is 7.21. The molecule has 0 fully saturated rings. The number of pyridine rings is 1. The second-order valence-corrected chi connectivity index (χ2v) is 7.21. The van der Waals surface area contributed by atoms with Gasteiger partial charge in [0, 0.05) is 5.39 Å². The fourth-order valence-corrected chi connectivity index (χ4v) is 2.58. The third-order valence-corrected chi connectivity index (χ3v) is 3.70. The summed E-state index contributed by atoms with van der Waals surface area (Å²) >= 11 is 0. The number of nitrogens with zero attached hydrogens (tertiary/aromatic N) is 1. The average molecular weight is 361 g/mol. The van der Waals surface area contributed by atoms with Crippen LogP contribution in [0.3, 0.4) is 0 Å². The minimum atomic E-state index is -0.516. The zero-order valence-corrected chi connectivity index (χ0v) is 15.8. The van der Waals surface area contributed by atoms with E-state index in [0.29, 0.717) is 5.75 Å². The number of benzene rings is 2. The summed E-state index contributed by atoms with van der Waals surface area (Å²) in [5.74, 6) is 0.235. The number of hydrogen-bond donors (Lipinski definition) is 0. The Kier molecular flexibility index (Phi) is 5.55. The van der Waals surface area contributed by atoms with Gasteiger partial charge in [0.15, 0.2) is 6.61 Å². The molecule has 0 aliphatic carbocycles. The second kappa shape index (κ2) is 8.04. The number of ether oxygens (including phenoxy) is 2. The van der Waals surface area contributed by atoms with E-state index in [2.05, 4.69) is 11.1 Å². The van der Waals surface area contributed by atoms with Crippen LogP contribution in [0.1, 0.15) is 32.0 Å². The third kappa shape index (κ3) is 5.68. The molecular weight excluding hydrogens is 338 g/mol. The van der Waals surface area contributed by atoms with Gasteiger partial charge in [-0.1, -0.05) is 42.5 Å². The molecule has 2 aromatic carbocycles. The van der Waals surface area contributed by atoms with Crippen LogP contribution in [0.5, 0.6) is 5.75 Å². The number of carbonyl (C=O) groups is 1. The zero-order valence-electron chi connectivity index (χ0n) is 15.8. The van der Waals surface area contributed by atoms with Crippen LogP contribution in [0.4, 0.5) is 0 Å². The van der Waals surface area contributed by atoms with Crippen molar-refractivity contribution in [2.45, 2.75) is 26.4 Å². The number of para-hydroxylation sites is 1. The van der Waals surface area contributed by atoms with Gasteiger partial charge >= 0.3 is 5.97 Å². The summed E-state index contributed by atoms with van der Waals surface area (Å²) in [5.41, 5.74) is 2.30. The van der Waals surface area contributed by atoms with Gasteiger partial charge in [-0.15, -0.1) is 0 Å². The standard InChI is InChI=1S/C23H23NO3/c1-23(2,3)27-22(25)16-26-20-9-6-7-17(15-20)11-13-19-14-12-18-8-4-5-10-21(18)24-19/h4-15H,16H2,1-3H3/b13-11+. The van der Waals surface area contributed by atoms with Crippen molar-refractivity contribution in [3.63, 3.8) is 0 Å². The summed E-state index contributed by atoms with van der Waals surface area (Å²) in [5, 5.41) is 1.12. The summed E-state index contributed by atoms with van der Waals surface area (Å²) in [6.45, 7) is 5.38. The van der Waals surface area contributed by atoms with Crippen molar-refractivity contribution < 1.29 is 14.3 Å². The lowest BCUT2D eigenvalue weighted by Gasteiger charge is -2.19. The monoisotopic (exact) mass is 361 g/mol. The van der Waals surface area contributed by atoms with Crippen molar-refractivity contribution in [1.29, 1.82) is 0 Å². The lowest BCUT2D eigenvalue weighted by Crippen LogP contribution is -2.27. The largest absolute Gasteiger partial charge is 0.482 e. The van der Waals surface area contributed by atoms with Gasteiger partial charge in [0.25, 0.3) is 0 Å². The van der Waals surface area contributed by atoms with Crippen molar-refractivity contribution in [2.75, 3.05) is 6.61 Å². The quantitative estimate of drug-likeness (QED) is 0.591. The SMILES string of the molecule is CC(C)(C)OC(=O)COc1cccc(/C=C/c2ccc3ccccc3n2)c1. The molecule has 0 aliphatic heterocycles. The molecule has 0 saturated heterocycles. The molecule has 4 nitrogen and oxygen atoms in total. The lowest BCUT2D eigenvalue weighted by atomic mass is 10.1. The maximum atomic E-state index is 11.8. The highest BCUT2D eigenvalue weighted by atomic mass is 16.6. The van der Waals surface area contributed by atoms with Gasteiger partial charge in [-0.3, -0.25) is 0 Å². The van der Waals surface area contributed by atoms with E-state index in [1.54, 1.807) is 0 Å². The molecule has 27 heavy (non-hydrogen) atoms. The molecule has 138 valence electrons. The first kappa shape index (κ1) is 18.6. The van der Waals surface area contributed by atoms with Crippen molar-refractivity contribution in [3.8, 4) is 5.75 Å². The molecule has 4 heteroatoms. The molecule has 0 spiro atoms. The van der Waals surface area contributed by atoms with Crippen molar-refractivity contribution in [1.82, 2.24) is 4.98 Å². The van der Waals surface area contributed by atoms with Gasteiger partial charge in [-0.2, -0.15) is 0 Å². The molecule has 0 saturated carbocycles. The first-order chi connectivity index (χ1) is 12.9. The smallest absolute Gasteiger partial charge is 0.344 e. The Morgan fingerprint density at radius 2 is 1.81 bits per heavy atom. The van der Waals surface area contributed by atoms with Gasteiger partial charge < -0.3 is 9.47 Å². The van der Waals surface area contributed by atoms with Crippen LogP contribution in [0.25, 0.3) is 23.1 Å². The number of rotatable bonds is 5. The molecular formula is C23H23NO3. The lowest BCUT2D eigenvalue weighted by molar-refractivity contribution is -0.157. The van der Waals surface area contributed by atoms with Crippen molar-refractivity contribution >= 4 is 29.0 Å². The van der Waals surface area contributed by atoms with Crippen molar-refractivity contribution in [2.24, 2.45) is 0 Å². The first-order valence-corrected chi connectivity index (χ1v) is 8.88. The highest BCUT2D eigenvalue weighted by molar-refractivity contribution is 5.80. The molecule has 0 atom stereocenters. The van der Waals surface area contributed by atoms with Gasteiger partial charge in [0.2, 0.25) is 0 Å². The maximum absolute atomic E-state index is 11.8. The fourth-order valence-electron chi connectivity index (χ4n) is 2.58. The van der Waals surface area contributed by atoms with E-state index < -0.39 is 5.60 Å². The molecule has 0 amide bonds. The summed E-state index contributed by atoms with van der Waals surface area (Å²) < 4.78 is 10.8. The number of hydrogen-bond acceptors (Lipinski definition) is 4. The summed E-state index contributed by atoms with van der Waals surface area (Å²) in [6, 6.07) is 19.6. The van der Waals surface area contributed by atoms with Crippen LogP contribution in [-0.4, -0.2) is 23.2 Å². The highest BCUT2D eigenvalue weighted by Crippen LogP contribution is 2.17. The molecule has 0 unspecified atom stereocenters. The van der Waals surface area contributed by atoms with Crippen LogP contribution in [0.15, 0.2) is 60.7 Å². The molecule has 1 heterocycles. The number of carbonyl (C=O) groups excluding carboxylic acids is 1. The topological polar surface area (TPSA) is 48.4 Å². The molecule has 0 radical (unpaired) electrons. The molecule has 0 bridgehead atoms.